The lowest BCUT2D eigenvalue weighted by molar-refractivity contribution is 0.103. The van der Waals surface area contributed by atoms with E-state index in [1.54, 1.807) is 12.1 Å². The van der Waals surface area contributed by atoms with Crippen LogP contribution in [0.4, 0.5) is 10.1 Å². The molecule has 0 radical (unpaired) electrons. The van der Waals surface area contributed by atoms with E-state index in [9.17, 15) is 9.18 Å². The number of carbonyl (C=O) groups is 1. The first-order valence-corrected chi connectivity index (χ1v) is 5.80. The van der Waals surface area contributed by atoms with Crippen LogP contribution in [0.3, 0.4) is 0 Å². The molecule has 0 heterocycles. The second kappa shape index (κ2) is 5.00. The lowest BCUT2D eigenvalue weighted by Gasteiger charge is -2.04. The van der Waals surface area contributed by atoms with Gasteiger partial charge in [-0.15, -0.1) is 0 Å². The van der Waals surface area contributed by atoms with Crippen molar-refractivity contribution >= 4 is 11.5 Å². The Morgan fingerprint density at radius 2 is 1.89 bits per heavy atom. The highest BCUT2D eigenvalue weighted by Crippen LogP contribution is 2.16. The summed E-state index contributed by atoms with van der Waals surface area (Å²) in [6, 6.07) is 11.5. The van der Waals surface area contributed by atoms with Gasteiger partial charge in [-0.1, -0.05) is 25.1 Å². The summed E-state index contributed by atoms with van der Waals surface area (Å²) in [6.07, 6.45) is 0.858. The lowest BCUT2D eigenvalue weighted by Crippen LogP contribution is -2.03. The predicted octanol–water partition coefficient (Wildman–Crippen LogP) is 3.20. The van der Waals surface area contributed by atoms with E-state index in [0.29, 0.717) is 11.1 Å². The van der Waals surface area contributed by atoms with Crippen molar-refractivity contribution in [1.82, 2.24) is 0 Å². The molecule has 0 atom stereocenters. The van der Waals surface area contributed by atoms with Crippen LogP contribution in [-0.2, 0) is 6.42 Å². The molecule has 0 fully saturated rings. The third-order valence-corrected chi connectivity index (χ3v) is 2.86. The molecule has 92 valence electrons. The van der Waals surface area contributed by atoms with Gasteiger partial charge in [-0.2, -0.15) is 0 Å². The number of halogens is 1. The van der Waals surface area contributed by atoms with Gasteiger partial charge in [0.25, 0.3) is 0 Å². The van der Waals surface area contributed by atoms with Crippen molar-refractivity contribution in [2.75, 3.05) is 5.73 Å². The van der Waals surface area contributed by atoms with Crippen molar-refractivity contribution in [2.24, 2.45) is 0 Å². The summed E-state index contributed by atoms with van der Waals surface area (Å²) in [5.74, 6) is -0.753. The van der Waals surface area contributed by atoms with Gasteiger partial charge >= 0.3 is 0 Å². The molecule has 0 aliphatic heterocycles. The molecular formula is C15H14FNO. The molecule has 0 aliphatic rings. The normalized spacial score (nSPS) is 10.3. The molecular weight excluding hydrogens is 229 g/mol. The van der Waals surface area contributed by atoms with Crippen LogP contribution in [0.2, 0.25) is 0 Å². The molecule has 2 aromatic rings. The first kappa shape index (κ1) is 12.3. The zero-order valence-corrected chi connectivity index (χ0v) is 10.1. The minimum atomic E-state index is -0.563. The predicted molar refractivity (Wildman–Crippen MR) is 70.1 cm³/mol. The van der Waals surface area contributed by atoms with Crippen molar-refractivity contribution in [1.29, 1.82) is 0 Å². The maximum Gasteiger partial charge on any atom is 0.193 e. The van der Waals surface area contributed by atoms with E-state index < -0.39 is 5.82 Å². The van der Waals surface area contributed by atoms with E-state index >= 15 is 0 Å². The molecule has 2 N–H and O–H groups in total. The molecule has 0 aliphatic carbocycles. The zero-order valence-electron chi connectivity index (χ0n) is 10.1. The molecule has 0 bridgehead atoms. The average molecular weight is 243 g/mol. The maximum absolute atomic E-state index is 13.3. The number of nitrogen functional groups attached to an aromatic ring is 1. The Morgan fingerprint density at radius 3 is 2.56 bits per heavy atom. The third-order valence-electron chi connectivity index (χ3n) is 2.86. The van der Waals surface area contributed by atoms with Crippen LogP contribution < -0.4 is 5.73 Å². The minimum Gasteiger partial charge on any atom is -0.396 e. The summed E-state index contributed by atoms with van der Waals surface area (Å²) in [6.45, 7) is 2.02. The molecule has 2 nitrogen and oxygen atoms in total. The summed E-state index contributed by atoms with van der Waals surface area (Å²) >= 11 is 0. The van der Waals surface area contributed by atoms with Crippen molar-refractivity contribution in [3.05, 3.63) is 65.0 Å². The summed E-state index contributed by atoms with van der Waals surface area (Å²) in [5.41, 5.74) is 7.40. The Hall–Kier alpha value is -2.16. The van der Waals surface area contributed by atoms with Crippen LogP contribution in [0.5, 0.6) is 0 Å². The van der Waals surface area contributed by atoms with Crippen molar-refractivity contribution in [3.8, 4) is 0 Å². The standard InChI is InChI=1S/C15H14FNO/c1-2-10-4-3-5-11(8-10)15(18)12-6-7-14(17)13(16)9-12/h3-9H,2,17H2,1H3. The monoisotopic (exact) mass is 243 g/mol. The zero-order chi connectivity index (χ0) is 13.1. The molecule has 3 heteroatoms. The Balaban J connectivity index is 2.38. The maximum atomic E-state index is 13.3. The van der Waals surface area contributed by atoms with Gasteiger partial charge in [0.1, 0.15) is 5.82 Å². The molecule has 0 aromatic heterocycles. The van der Waals surface area contributed by atoms with E-state index in [1.807, 2.05) is 25.1 Å². The molecule has 0 saturated carbocycles. The van der Waals surface area contributed by atoms with Gasteiger partial charge in [-0.3, -0.25) is 4.79 Å². The highest BCUT2D eigenvalue weighted by molar-refractivity contribution is 6.09. The molecule has 18 heavy (non-hydrogen) atoms. The summed E-state index contributed by atoms with van der Waals surface area (Å²) in [5, 5.41) is 0. The number of hydrogen-bond acceptors (Lipinski definition) is 2. The summed E-state index contributed by atoms with van der Waals surface area (Å²) < 4.78 is 13.3. The van der Waals surface area contributed by atoms with Crippen LogP contribution >= 0.6 is 0 Å². The van der Waals surface area contributed by atoms with Crippen LogP contribution in [0.15, 0.2) is 42.5 Å². The van der Waals surface area contributed by atoms with Gasteiger partial charge in [0.05, 0.1) is 5.69 Å². The summed E-state index contributed by atoms with van der Waals surface area (Å²) in [4.78, 5) is 12.2. The molecule has 2 rings (SSSR count). The molecule has 0 spiro atoms. The fraction of sp³-hybridized carbons (Fsp3) is 0.133. The Labute approximate surface area is 105 Å². The number of aryl methyl sites for hydroxylation is 1. The van der Waals surface area contributed by atoms with Crippen LogP contribution in [0.25, 0.3) is 0 Å². The first-order chi connectivity index (χ1) is 8.61. The average Bonchev–Trinajstić information content (AvgIpc) is 2.41. The Morgan fingerprint density at radius 1 is 1.17 bits per heavy atom. The van der Waals surface area contributed by atoms with Crippen molar-refractivity contribution < 1.29 is 9.18 Å². The van der Waals surface area contributed by atoms with E-state index in [0.717, 1.165) is 12.0 Å². The lowest BCUT2D eigenvalue weighted by atomic mass is 10.0. The second-order valence-corrected chi connectivity index (χ2v) is 4.12. The molecule has 0 saturated heterocycles. The third kappa shape index (κ3) is 2.40. The van der Waals surface area contributed by atoms with Gasteiger partial charge in [0, 0.05) is 11.1 Å². The van der Waals surface area contributed by atoms with Crippen LogP contribution in [0, 0.1) is 5.82 Å². The molecule has 0 amide bonds. The van der Waals surface area contributed by atoms with Gasteiger partial charge in [0.2, 0.25) is 0 Å². The minimum absolute atomic E-state index is 0.0499. The van der Waals surface area contributed by atoms with Crippen molar-refractivity contribution in [2.45, 2.75) is 13.3 Å². The topological polar surface area (TPSA) is 43.1 Å². The second-order valence-electron chi connectivity index (χ2n) is 4.12. The van der Waals surface area contributed by atoms with Gasteiger partial charge in [0.15, 0.2) is 5.78 Å². The Bertz CT molecular complexity index is 593. The van der Waals surface area contributed by atoms with Gasteiger partial charge in [-0.05, 0) is 36.2 Å². The van der Waals surface area contributed by atoms with Crippen molar-refractivity contribution in [3.63, 3.8) is 0 Å². The number of ketones is 1. The van der Waals surface area contributed by atoms with E-state index in [2.05, 4.69) is 0 Å². The number of carbonyl (C=O) groups excluding carboxylic acids is 1. The Kier molecular flexibility index (Phi) is 3.42. The molecule has 0 unspecified atom stereocenters. The fourth-order valence-corrected chi connectivity index (χ4v) is 1.77. The highest BCUT2D eigenvalue weighted by atomic mass is 19.1. The number of anilines is 1. The van der Waals surface area contributed by atoms with E-state index in [-0.39, 0.29) is 11.5 Å². The largest absolute Gasteiger partial charge is 0.396 e. The number of nitrogens with two attached hydrogens (primary N) is 1. The van der Waals surface area contributed by atoms with Gasteiger partial charge in [-0.25, -0.2) is 4.39 Å². The number of hydrogen-bond donors (Lipinski definition) is 1. The summed E-state index contributed by atoms with van der Waals surface area (Å²) in [7, 11) is 0. The fourth-order valence-electron chi connectivity index (χ4n) is 1.77. The first-order valence-electron chi connectivity index (χ1n) is 5.80. The quantitative estimate of drug-likeness (QED) is 0.664. The highest BCUT2D eigenvalue weighted by Gasteiger charge is 2.11. The van der Waals surface area contributed by atoms with Crippen LogP contribution in [-0.4, -0.2) is 5.78 Å². The van der Waals surface area contributed by atoms with E-state index in [1.165, 1.54) is 12.1 Å². The molecule has 2 aromatic carbocycles. The number of benzene rings is 2. The smallest absolute Gasteiger partial charge is 0.193 e. The SMILES string of the molecule is CCc1cccc(C(=O)c2ccc(N)c(F)c2)c1. The number of rotatable bonds is 3. The van der Waals surface area contributed by atoms with Crippen LogP contribution in [0.1, 0.15) is 28.4 Å². The van der Waals surface area contributed by atoms with Gasteiger partial charge < -0.3 is 5.73 Å². The van der Waals surface area contributed by atoms with E-state index in [4.69, 9.17) is 5.73 Å².